The fourth-order valence-electron chi connectivity index (χ4n) is 3.55. The minimum absolute atomic E-state index is 0.0398. The van der Waals surface area contributed by atoms with Crippen molar-refractivity contribution in [2.45, 2.75) is 44.8 Å². The molecule has 3 amide bonds. The molecular weight excluding hydrogens is 350 g/mol. The van der Waals surface area contributed by atoms with Gasteiger partial charge in [0.05, 0.1) is 23.4 Å². The summed E-state index contributed by atoms with van der Waals surface area (Å²) in [5.41, 5.74) is 1.93. The molecular formula is C19H27N3O3S. The Morgan fingerprint density at radius 2 is 1.92 bits per heavy atom. The van der Waals surface area contributed by atoms with E-state index in [9.17, 15) is 14.7 Å². The van der Waals surface area contributed by atoms with Crippen LogP contribution in [0.5, 0.6) is 0 Å². The van der Waals surface area contributed by atoms with Gasteiger partial charge in [-0.05, 0) is 31.4 Å². The summed E-state index contributed by atoms with van der Waals surface area (Å²) >= 11 is 1.85. The fraction of sp³-hybridized carbons (Fsp3) is 0.579. The number of nitrogens with one attached hydrogen (secondary N) is 2. The standard InChI is InChI=1S/C19H27N3O3S/c1-13-5-4-6-14(18(24)22-9-11-26-12-10-22)17(13)21-19(25)20-15-7-2-3-8-16(15)23/h4-6,15-16,23H,2-3,7-12H2,1H3,(H2,20,21,25)/t15-,16-/m1/s1. The van der Waals surface area contributed by atoms with E-state index in [0.29, 0.717) is 17.7 Å². The summed E-state index contributed by atoms with van der Waals surface area (Å²) in [5.74, 6) is 1.85. The third kappa shape index (κ3) is 4.51. The zero-order chi connectivity index (χ0) is 18.5. The maximum atomic E-state index is 12.9. The number of aliphatic hydroxyl groups excluding tert-OH is 1. The van der Waals surface area contributed by atoms with Gasteiger partial charge in [-0.15, -0.1) is 0 Å². The molecule has 26 heavy (non-hydrogen) atoms. The van der Waals surface area contributed by atoms with Crippen LogP contribution < -0.4 is 10.6 Å². The van der Waals surface area contributed by atoms with Gasteiger partial charge < -0.3 is 20.6 Å². The molecule has 3 N–H and O–H groups in total. The van der Waals surface area contributed by atoms with Gasteiger partial charge in [-0.2, -0.15) is 11.8 Å². The summed E-state index contributed by atoms with van der Waals surface area (Å²) in [5, 5.41) is 15.8. The van der Waals surface area contributed by atoms with E-state index in [1.54, 1.807) is 6.07 Å². The van der Waals surface area contributed by atoms with E-state index in [1.165, 1.54) is 0 Å². The number of carbonyl (C=O) groups is 2. The van der Waals surface area contributed by atoms with Crippen LogP contribution >= 0.6 is 11.8 Å². The van der Waals surface area contributed by atoms with Gasteiger partial charge in [0.2, 0.25) is 0 Å². The molecule has 1 heterocycles. The van der Waals surface area contributed by atoms with Crippen molar-refractivity contribution in [1.82, 2.24) is 10.2 Å². The summed E-state index contributed by atoms with van der Waals surface area (Å²) in [6.45, 7) is 3.35. The maximum absolute atomic E-state index is 12.9. The third-order valence-electron chi connectivity index (χ3n) is 5.09. The molecule has 7 heteroatoms. The zero-order valence-corrected chi connectivity index (χ0v) is 16.0. The number of aryl methyl sites for hydroxylation is 1. The number of aliphatic hydroxyl groups is 1. The van der Waals surface area contributed by atoms with E-state index in [0.717, 1.165) is 49.4 Å². The third-order valence-corrected chi connectivity index (χ3v) is 6.03. The van der Waals surface area contributed by atoms with Crippen LogP contribution in [0.4, 0.5) is 10.5 Å². The van der Waals surface area contributed by atoms with E-state index < -0.39 is 6.10 Å². The van der Waals surface area contributed by atoms with Crippen molar-refractivity contribution in [3.8, 4) is 0 Å². The average molecular weight is 378 g/mol. The molecule has 1 aromatic rings. The summed E-state index contributed by atoms with van der Waals surface area (Å²) in [6.07, 6.45) is 2.98. The minimum atomic E-state index is -0.502. The van der Waals surface area contributed by atoms with Gasteiger partial charge >= 0.3 is 6.03 Å². The van der Waals surface area contributed by atoms with Crippen molar-refractivity contribution in [2.24, 2.45) is 0 Å². The lowest BCUT2D eigenvalue weighted by atomic mass is 9.93. The number of rotatable bonds is 3. The molecule has 1 aromatic carbocycles. The molecule has 0 radical (unpaired) electrons. The van der Waals surface area contributed by atoms with E-state index >= 15 is 0 Å². The molecule has 1 aliphatic heterocycles. The highest BCUT2D eigenvalue weighted by atomic mass is 32.2. The maximum Gasteiger partial charge on any atom is 0.319 e. The Morgan fingerprint density at radius 3 is 2.65 bits per heavy atom. The van der Waals surface area contributed by atoms with Gasteiger partial charge in [-0.1, -0.05) is 25.0 Å². The predicted octanol–water partition coefficient (Wildman–Crippen LogP) is 2.61. The lowest BCUT2D eigenvalue weighted by molar-refractivity contribution is 0.0773. The quantitative estimate of drug-likeness (QED) is 0.756. The second-order valence-electron chi connectivity index (χ2n) is 6.96. The smallest absolute Gasteiger partial charge is 0.319 e. The lowest BCUT2D eigenvalue weighted by Crippen LogP contribution is -2.47. The number of thioether (sulfide) groups is 1. The number of amides is 3. The zero-order valence-electron chi connectivity index (χ0n) is 15.2. The summed E-state index contributed by atoms with van der Waals surface area (Å²) in [4.78, 5) is 27.2. The van der Waals surface area contributed by atoms with Gasteiger partial charge in [0.1, 0.15) is 0 Å². The molecule has 1 saturated carbocycles. The first-order chi connectivity index (χ1) is 12.6. The Labute approximate surface area is 158 Å². The van der Waals surface area contributed by atoms with Crippen LogP contribution in [0.1, 0.15) is 41.6 Å². The molecule has 0 unspecified atom stereocenters. The number of carbonyl (C=O) groups excluding carboxylic acids is 2. The van der Waals surface area contributed by atoms with Gasteiger partial charge in [0.25, 0.3) is 5.91 Å². The average Bonchev–Trinajstić information content (AvgIpc) is 2.65. The Bertz CT molecular complexity index is 661. The van der Waals surface area contributed by atoms with Crippen molar-refractivity contribution in [2.75, 3.05) is 29.9 Å². The van der Waals surface area contributed by atoms with Crippen molar-refractivity contribution < 1.29 is 14.7 Å². The number of hydrogen-bond acceptors (Lipinski definition) is 4. The van der Waals surface area contributed by atoms with Crippen LogP contribution in [0, 0.1) is 6.92 Å². The predicted molar refractivity (Wildman–Crippen MR) is 105 cm³/mol. The molecule has 0 spiro atoms. The Kier molecular flexibility index (Phi) is 6.43. The van der Waals surface area contributed by atoms with Crippen molar-refractivity contribution in [3.05, 3.63) is 29.3 Å². The number of hydrogen-bond donors (Lipinski definition) is 3. The number of benzene rings is 1. The second-order valence-corrected chi connectivity index (χ2v) is 8.18. The van der Waals surface area contributed by atoms with Gasteiger partial charge in [-0.3, -0.25) is 4.79 Å². The van der Waals surface area contributed by atoms with Gasteiger partial charge in [0, 0.05) is 24.6 Å². The molecule has 2 fully saturated rings. The second kappa shape index (κ2) is 8.77. The first-order valence-corrected chi connectivity index (χ1v) is 10.4. The molecule has 2 aliphatic rings. The van der Waals surface area contributed by atoms with Crippen LogP contribution in [-0.2, 0) is 0 Å². The molecule has 142 valence electrons. The van der Waals surface area contributed by atoms with Crippen LogP contribution in [0.15, 0.2) is 18.2 Å². The monoisotopic (exact) mass is 377 g/mol. The molecule has 1 aliphatic carbocycles. The van der Waals surface area contributed by atoms with E-state index in [-0.39, 0.29) is 18.0 Å². The van der Waals surface area contributed by atoms with Crippen molar-refractivity contribution in [1.29, 1.82) is 0 Å². The summed E-state index contributed by atoms with van der Waals surface area (Å²) in [7, 11) is 0. The van der Waals surface area contributed by atoms with E-state index in [1.807, 2.05) is 35.7 Å². The fourth-order valence-corrected chi connectivity index (χ4v) is 4.45. The Morgan fingerprint density at radius 1 is 1.19 bits per heavy atom. The van der Waals surface area contributed by atoms with Crippen LogP contribution in [0.2, 0.25) is 0 Å². The molecule has 2 atom stereocenters. The largest absolute Gasteiger partial charge is 0.391 e. The Balaban J connectivity index is 1.72. The van der Waals surface area contributed by atoms with Crippen LogP contribution in [-0.4, -0.2) is 58.7 Å². The molecule has 6 nitrogen and oxygen atoms in total. The first kappa shape index (κ1) is 19.0. The molecule has 1 saturated heterocycles. The topological polar surface area (TPSA) is 81.7 Å². The van der Waals surface area contributed by atoms with Gasteiger partial charge in [0.15, 0.2) is 0 Å². The SMILES string of the molecule is Cc1cccc(C(=O)N2CCSCC2)c1NC(=O)N[C@@H]1CCCC[C@H]1O. The molecule has 0 aromatic heterocycles. The van der Waals surface area contributed by atoms with Crippen molar-refractivity contribution in [3.63, 3.8) is 0 Å². The number of nitrogens with zero attached hydrogens (tertiary/aromatic N) is 1. The van der Waals surface area contributed by atoms with Crippen LogP contribution in [0.25, 0.3) is 0 Å². The van der Waals surface area contributed by atoms with Crippen LogP contribution in [0.3, 0.4) is 0 Å². The first-order valence-electron chi connectivity index (χ1n) is 9.28. The highest BCUT2D eigenvalue weighted by molar-refractivity contribution is 7.99. The summed E-state index contributed by atoms with van der Waals surface area (Å²) < 4.78 is 0. The van der Waals surface area contributed by atoms with E-state index in [4.69, 9.17) is 0 Å². The molecule has 0 bridgehead atoms. The number of para-hydroxylation sites is 1. The number of anilines is 1. The normalized spacial score (nSPS) is 23.4. The highest BCUT2D eigenvalue weighted by Crippen LogP contribution is 2.24. The summed E-state index contributed by atoms with van der Waals surface area (Å²) in [6, 6.07) is 4.89. The van der Waals surface area contributed by atoms with Gasteiger partial charge in [-0.25, -0.2) is 4.79 Å². The van der Waals surface area contributed by atoms with E-state index in [2.05, 4.69) is 10.6 Å². The number of urea groups is 1. The van der Waals surface area contributed by atoms with Crippen molar-refractivity contribution >= 4 is 29.4 Å². The minimum Gasteiger partial charge on any atom is -0.391 e. The molecule has 3 rings (SSSR count). The Hall–Kier alpha value is -1.73. The highest BCUT2D eigenvalue weighted by Gasteiger charge is 2.26. The lowest BCUT2D eigenvalue weighted by Gasteiger charge is -2.29.